The number of fused-ring (bicyclic) bond motifs is 7. The number of hydrogen-bond donors (Lipinski definition) is 0. The first-order valence-electron chi connectivity index (χ1n) is 16.5. The Labute approximate surface area is 271 Å². The van der Waals surface area contributed by atoms with Gasteiger partial charge in [0.15, 0.2) is 0 Å². The van der Waals surface area contributed by atoms with Crippen LogP contribution in [0.3, 0.4) is 0 Å². The van der Waals surface area contributed by atoms with Gasteiger partial charge in [0.2, 0.25) is 0 Å². The van der Waals surface area contributed by atoms with Crippen LogP contribution < -0.4 is 0 Å². The molecule has 218 valence electrons. The quantitative estimate of drug-likeness (QED) is 0.181. The van der Waals surface area contributed by atoms with Gasteiger partial charge >= 0.3 is 0 Å². The Hall–Kier alpha value is -5.92. The van der Waals surface area contributed by atoms with Crippen molar-refractivity contribution in [1.29, 1.82) is 0 Å². The van der Waals surface area contributed by atoms with Crippen molar-refractivity contribution in [3.05, 3.63) is 156 Å². The standard InChI is InChI=1S/C46H28O/c1-2-11-32-27(8-1)18-25-40-33-22-21-31(26-41(33)47-46(32)40)43-34-12-3-5-14-36(34)45(37-15-6-4-13-35(37)43)39-24-20-30-17-16-28-9-7-10-29-19-23-38(39)44(30)42(28)29/h1-9,11-22,24-26H,10,23H2. The Bertz CT molecular complexity index is 2840. The van der Waals surface area contributed by atoms with Crippen molar-refractivity contribution >= 4 is 76.7 Å². The Morgan fingerprint density at radius 2 is 1.17 bits per heavy atom. The molecule has 9 aromatic rings. The molecule has 47 heavy (non-hydrogen) atoms. The third-order valence-corrected chi connectivity index (χ3v) is 10.7. The van der Waals surface area contributed by atoms with Crippen molar-refractivity contribution in [2.75, 3.05) is 0 Å². The minimum atomic E-state index is 0.923. The molecule has 2 aliphatic rings. The average molecular weight is 597 g/mol. The maximum absolute atomic E-state index is 6.66. The van der Waals surface area contributed by atoms with Gasteiger partial charge in [-0.2, -0.15) is 0 Å². The molecule has 1 aromatic heterocycles. The first kappa shape index (κ1) is 25.3. The smallest absolute Gasteiger partial charge is 0.143 e. The van der Waals surface area contributed by atoms with Crippen LogP contribution in [0.15, 0.2) is 144 Å². The minimum absolute atomic E-state index is 0.923. The third-order valence-electron chi connectivity index (χ3n) is 10.7. The van der Waals surface area contributed by atoms with Gasteiger partial charge in [0.05, 0.1) is 0 Å². The summed E-state index contributed by atoms with van der Waals surface area (Å²) >= 11 is 0. The molecular weight excluding hydrogens is 569 g/mol. The van der Waals surface area contributed by atoms with E-state index in [0.29, 0.717) is 0 Å². The molecular formula is C46H28O. The fourth-order valence-electron chi connectivity index (χ4n) is 8.65. The van der Waals surface area contributed by atoms with E-state index in [1.165, 1.54) is 82.2 Å². The Morgan fingerprint density at radius 3 is 1.98 bits per heavy atom. The summed E-state index contributed by atoms with van der Waals surface area (Å²) in [7, 11) is 0. The van der Waals surface area contributed by atoms with E-state index in [1.807, 2.05) is 0 Å². The summed E-state index contributed by atoms with van der Waals surface area (Å²) in [5.41, 5.74) is 12.7. The highest BCUT2D eigenvalue weighted by atomic mass is 16.3. The summed E-state index contributed by atoms with van der Waals surface area (Å²) in [4.78, 5) is 0. The van der Waals surface area contributed by atoms with E-state index in [4.69, 9.17) is 4.42 Å². The van der Waals surface area contributed by atoms with Crippen LogP contribution in [-0.4, -0.2) is 0 Å². The molecule has 2 aliphatic carbocycles. The van der Waals surface area contributed by atoms with Crippen LogP contribution in [0.4, 0.5) is 0 Å². The van der Waals surface area contributed by atoms with Crippen LogP contribution in [0.2, 0.25) is 0 Å². The molecule has 0 fully saturated rings. The fourth-order valence-corrected chi connectivity index (χ4v) is 8.65. The summed E-state index contributed by atoms with van der Waals surface area (Å²) in [6, 6.07) is 46.9. The minimum Gasteiger partial charge on any atom is -0.455 e. The average Bonchev–Trinajstić information content (AvgIpc) is 3.51. The molecule has 0 spiro atoms. The Kier molecular flexibility index (Phi) is 5.01. The molecule has 0 saturated heterocycles. The van der Waals surface area contributed by atoms with E-state index in [1.54, 1.807) is 0 Å². The van der Waals surface area contributed by atoms with Crippen molar-refractivity contribution in [1.82, 2.24) is 0 Å². The zero-order valence-corrected chi connectivity index (χ0v) is 25.7. The van der Waals surface area contributed by atoms with Gasteiger partial charge in [-0.1, -0.05) is 127 Å². The second-order valence-electron chi connectivity index (χ2n) is 13.1. The van der Waals surface area contributed by atoms with Gasteiger partial charge in [0, 0.05) is 16.2 Å². The van der Waals surface area contributed by atoms with E-state index in [-0.39, 0.29) is 0 Å². The number of allylic oxidation sites excluding steroid dienone is 3. The van der Waals surface area contributed by atoms with Crippen LogP contribution in [0.25, 0.3) is 98.9 Å². The summed E-state index contributed by atoms with van der Waals surface area (Å²) in [6.07, 6.45) is 9.04. The van der Waals surface area contributed by atoms with Crippen molar-refractivity contribution in [3.63, 3.8) is 0 Å². The molecule has 0 atom stereocenters. The topological polar surface area (TPSA) is 13.1 Å². The molecule has 0 bridgehead atoms. The number of benzene rings is 8. The molecule has 0 saturated carbocycles. The third kappa shape index (κ3) is 3.43. The lowest BCUT2D eigenvalue weighted by Gasteiger charge is -2.26. The largest absolute Gasteiger partial charge is 0.455 e. The lowest BCUT2D eigenvalue weighted by atomic mass is 9.77. The highest BCUT2D eigenvalue weighted by Crippen LogP contribution is 2.49. The zero-order valence-electron chi connectivity index (χ0n) is 25.7. The summed E-state index contributed by atoms with van der Waals surface area (Å²) < 4.78 is 6.66. The number of furan rings is 1. The molecule has 1 heteroatoms. The molecule has 11 rings (SSSR count). The lowest BCUT2D eigenvalue weighted by molar-refractivity contribution is 0.673. The molecule has 1 nitrogen and oxygen atoms in total. The number of rotatable bonds is 2. The van der Waals surface area contributed by atoms with Gasteiger partial charge < -0.3 is 4.42 Å². The Morgan fingerprint density at radius 1 is 0.489 bits per heavy atom. The normalized spacial score (nSPS) is 13.8. The van der Waals surface area contributed by atoms with E-state index in [2.05, 4.69) is 146 Å². The second kappa shape index (κ2) is 9.31. The second-order valence-corrected chi connectivity index (χ2v) is 13.1. The molecule has 8 aromatic carbocycles. The van der Waals surface area contributed by atoms with Crippen molar-refractivity contribution in [2.24, 2.45) is 0 Å². The van der Waals surface area contributed by atoms with E-state index >= 15 is 0 Å². The SMILES string of the molecule is C1=Cc2ccc3ccc(-c4c5ccccc5c(-c5ccc6c(c5)oc5c7ccccc7ccc65)c5ccccc45)c4c3c2C(=CC4)C1. The van der Waals surface area contributed by atoms with E-state index in [0.717, 1.165) is 40.2 Å². The molecule has 0 amide bonds. The summed E-state index contributed by atoms with van der Waals surface area (Å²) in [5.74, 6) is 0. The van der Waals surface area contributed by atoms with Gasteiger partial charge in [-0.25, -0.2) is 0 Å². The van der Waals surface area contributed by atoms with Gasteiger partial charge in [-0.05, 0) is 113 Å². The Balaban J connectivity index is 1.21. The van der Waals surface area contributed by atoms with Crippen molar-refractivity contribution < 1.29 is 4.42 Å². The summed E-state index contributed by atoms with van der Waals surface area (Å²) in [5, 5.41) is 12.5. The highest BCUT2D eigenvalue weighted by molar-refractivity contribution is 6.23. The molecule has 0 radical (unpaired) electrons. The molecule has 0 N–H and O–H groups in total. The predicted molar refractivity (Wildman–Crippen MR) is 200 cm³/mol. The van der Waals surface area contributed by atoms with Crippen LogP contribution in [0, 0.1) is 0 Å². The monoisotopic (exact) mass is 596 g/mol. The van der Waals surface area contributed by atoms with Crippen molar-refractivity contribution in [2.45, 2.75) is 12.8 Å². The maximum atomic E-state index is 6.66. The lowest BCUT2D eigenvalue weighted by Crippen LogP contribution is -2.05. The first-order chi connectivity index (χ1) is 23.3. The molecule has 0 unspecified atom stereocenters. The van der Waals surface area contributed by atoms with Crippen LogP contribution >= 0.6 is 0 Å². The fraction of sp³-hybridized carbons (Fsp3) is 0.0435. The predicted octanol–water partition coefficient (Wildman–Crippen LogP) is 12.9. The first-order valence-corrected chi connectivity index (χ1v) is 16.5. The van der Waals surface area contributed by atoms with Crippen molar-refractivity contribution in [3.8, 4) is 22.3 Å². The maximum Gasteiger partial charge on any atom is 0.143 e. The van der Waals surface area contributed by atoms with Crippen LogP contribution in [0.1, 0.15) is 23.1 Å². The molecule has 0 aliphatic heterocycles. The highest BCUT2D eigenvalue weighted by Gasteiger charge is 2.25. The van der Waals surface area contributed by atoms with Gasteiger partial charge in [0.25, 0.3) is 0 Å². The van der Waals surface area contributed by atoms with Gasteiger partial charge in [-0.15, -0.1) is 0 Å². The van der Waals surface area contributed by atoms with Crippen LogP contribution in [-0.2, 0) is 6.42 Å². The van der Waals surface area contributed by atoms with Gasteiger partial charge in [-0.3, -0.25) is 0 Å². The van der Waals surface area contributed by atoms with Gasteiger partial charge in [0.1, 0.15) is 11.2 Å². The zero-order chi connectivity index (χ0) is 30.6. The molecule has 1 heterocycles. The summed E-state index contributed by atoms with van der Waals surface area (Å²) in [6.45, 7) is 0. The number of hydrogen-bond acceptors (Lipinski definition) is 1. The van der Waals surface area contributed by atoms with E-state index < -0.39 is 0 Å². The van der Waals surface area contributed by atoms with E-state index in [9.17, 15) is 0 Å². The van der Waals surface area contributed by atoms with Crippen LogP contribution in [0.5, 0.6) is 0 Å².